The quantitative estimate of drug-likeness (QED) is 0.822. The summed E-state index contributed by atoms with van der Waals surface area (Å²) < 4.78 is 0. The zero-order valence-electron chi connectivity index (χ0n) is 14.5. The minimum absolute atomic E-state index is 0.0364. The number of nitrogens with two attached hydrogens (primary N) is 1. The standard InChI is InChI=1S/C17H29N3O3/c1-17(2,3)16(23)19-9-6-12(7-10-19)15(22)20-8-4-5-13(11-20)14(18)21/h12-13H,4-11H2,1-3H3,(H2,18,21)/t13-/m1/s1. The van der Waals surface area contributed by atoms with Gasteiger partial charge in [0.2, 0.25) is 17.7 Å². The monoisotopic (exact) mass is 323 g/mol. The molecule has 2 aliphatic heterocycles. The molecule has 3 amide bonds. The Balaban J connectivity index is 1.88. The maximum atomic E-state index is 12.7. The number of carbonyl (C=O) groups is 3. The molecule has 0 aliphatic carbocycles. The van der Waals surface area contributed by atoms with Crippen LogP contribution in [0.3, 0.4) is 0 Å². The summed E-state index contributed by atoms with van der Waals surface area (Å²) in [5.74, 6) is -0.289. The van der Waals surface area contributed by atoms with Crippen molar-refractivity contribution in [3.63, 3.8) is 0 Å². The van der Waals surface area contributed by atoms with Gasteiger partial charge in [0.15, 0.2) is 0 Å². The highest BCUT2D eigenvalue weighted by Gasteiger charge is 2.35. The normalized spacial score (nSPS) is 23.7. The van der Waals surface area contributed by atoms with Crippen LogP contribution < -0.4 is 5.73 Å². The molecule has 130 valence electrons. The number of likely N-dealkylation sites (tertiary alicyclic amines) is 2. The van der Waals surface area contributed by atoms with E-state index in [1.165, 1.54) is 0 Å². The lowest BCUT2D eigenvalue weighted by Gasteiger charge is -2.38. The van der Waals surface area contributed by atoms with Gasteiger partial charge >= 0.3 is 0 Å². The molecule has 0 aromatic rings. The average Bonchev–Trinajstić information content (AvgIpc) is 2.53. The molecule has 2 fully saturated rings. The molecule has 0 bridgehead atoms. The average molecular weight is 323 g/mol. The number of hydrogen-bond donors (Lipinski definition) is 1. The van der Waals surface area contributed by atoms with Gasteiger partial charge in [0, 0.05) is 37.5 Å². The van der Waals surface area contributed by atoms with Crippen molar-refractivity contribution >= 4 is 17.7 Å². The molecule has 2 heterocycles. The first kappa shape index (κ1) is 17.8. The minimum atomic E-state index is -0.377. The third-order valence-corrected chi connectivity index (χ3v) is 4.91. The van der Waals surface area contributed by atoms with Crippen LogP contribution in [0, 0.1) is 17.3 Å². The number of rotatable bonds is 2. The van der Waals surface area contributed by atoms with E-state index >= 15 is 0 Å². The summed E-state index contributed by atoms with van der Waals surface area (Å²) in [6.45, 7) is 8.21. The van der Waals surface area contributed by atoms with Gasteiger partial charge in [-0.2, -0.15) is 0 Å². The Morgan fingerprint density at radius 2 is 1.52 bits per heavy atom. The number of amides is 3. The second-order valence-corrected chi connectivity index (χ2v) is 7.84. The molecule has 0 aromatic carbocycles. The van der Waals surface area contributed by atoms with Crippen molar-refractivity contribution < 1.29 is 14.4 Å². The van der Waals surface area contributed by atoms with Crippen LogP contribution in [0.25, 0.3) is 0 Å². The minimum Gasteiger partial charge on any atom is -0.369 e. The maximum Gasteiger partial charge on any atom is 0.227 e. The number of piperidine rings is 2. The highest BCUT2D eigenvalue weighted by molar-refractivity contribution is 5.83. The van der Waals surface area contributed by atoms with Gasteiger partial charge < -0.3 is 15.5 Å². The number of primary amides is 1. The van der Waals surface area contributed by atoms with E-state index in [1.54, 1.807) is 4.90 Å². The van der Waals surface area contributed by atoms with Crippen molar-refractivity contribution in [1.82, 2.24) is 9.80 Å². The molecule has 2 saturated heterocycles. The van der Waals surface area contributed by atoms with Crippen LogP contribution >= 0.6 is 0 Å². The van der Waals surface area contributed by atoms with Crippen molar-refractivity contribution in [2.24, 2.45) is 23.0 Å². The smallest absolute Gasteiger partial charge is 0.227 e. The van der Waals surface area contributed by atoms with Crippen molar-refractivity contribution in [2.75, 3.05) is 26.2 Å². The summed E-state index contributed by atoms with van der Waals surface area (Å²) in [4.78, 5) is 40.0. The second-order valence-electron chi connectivity index (χ2n) is 7.84. The van der Waals surface area contributed by atoms with E-state index < -0.39 is 0 Å². The van der Waals surface area contributed by atoms with Gasteiger partial charge in [-0.1, -0.05) is 20.8 Å². The molecule has 0 saturated carbocycles. The lowest BCUT2D eigenvalue weighted by atomic mass is 9.89. The van der Waals surface area contributed by atoms with Crippen LogP contribution in [0.4, 0.5) is 0 Å². The third kappa shape index (κ3) is 4.24. The van der Waals surface area contributed by atoms with Crippen LogP contribution in [0.2, 0.25) is 0 Å². The maximum absolute atomic E-state index is 12.7. The van der Waals surface area contributed by atoms with Crippen LogP contribution in [-0.4, -0.2) is 53.7 Å². The van der Waals surface area contributed by atoms with Crippen molar-refractivity contribution in [1.29, 1.82) is 0 Å². The fraction of sp³-hybridized carbons (Fsp3) is 0.824. The zero-order chi connectivity index (χ0) is 17.2. The van der Waals surface area contributed by atoms with Gasteiger partial charge in [0.1, 0.15) is 0 Å². The Hall–Kier alpha value is -1.59. The van der Waals surface area contributed by atoms with E-state index in [9.17, 15) is 14.4 Å². The topological polar surface area (TPSA) is 83.7 Å². The van der Waals surface area contributed by atoms with Gasteiger partial charge in [-0.3, -0.25) is 14.4 Å². The Morgan fingerprint density at radius 3 is 2.04 bits per heavy atom. The number of hydrogen-bond acceptors (Lipinski definition) is 3. The fourth-order valence-corrected chi connectivity index (χ4v) is 3.47. The second kappa shape index (κ2) is 6.89. The van der Waals surface area contributed by atoms with E-state index in [1.807, 2.05) is 25.7 Å². The van der Waals surface area contributed by atoms with Gasteiger partial charge in [-0.15, -0.1) is 0 Å². The molecule has 6 nitrogen and oxygen atoms in total. The molecule has 1 atom stereocenters. The molecule has 0 unspecified atom stereocenters. The molecule has 2 N–H and O–H groups in total. The fourth-order valence-electron chi connectivity index (χ4n) is 3.47. The Morgan fingerprint density at radius 1 is 0.913 bits per heavy atom. The van der Waals surface area contributed by atoms with Gasteiger partial charge in [0.05, 0.1) is 5.92 Å². The van der Waals surface area contributed by atoms with Gasteiger partial charge in [0.25, 0.3) is 0 Å². The zero-order valence-corrected chi connectivity index (χ0v) is 14.5. The molecule has 2 rings (SSSR count). The summed E-state index contributed by atoms with van der Waals surface area (Å²) in [6, 6.07) is 0. The lowest BCUT2D eigenvalue weighted by Crippen LogP contribution is -2.50. The predicted octanol–water partition coefficient (Wildman–Crippen LogP) is 0.995. The Labute approximate surface area is 138 Å². The Kier molecular flexibility index (Phi) is 5.32. The summed E-state index contributed by atoms with van der Waals surface area (Å²) in [5.41, 5.74) is 5.00. The first-order valence-electron chi connectivity index (χ1n) is 8.57. The molecule has 0 radical (unpaired) electrons. The first-order valence-corrected chi connectivity index (χ1v) is 8.57. The first-order chi connectivity index (χ1) is 10.7. The number of nitrogens with zero attached hydrogens (tertiary/aromatic N) is 2. The molecule has 0 spiro atoms. The van der Waals surface area contributed by atoms with E-state index in [-0.39, 0.29) is 35.0 Å². The third-order valence-electron chi connectivity index (χ3n) is 4.91. The summed E-state index contributed by atoms with van der Waals surface area (Å²) in [7, 11) is 0. The van der Waals surface area contributed by atoms with E-state index in [0.717, 1.165) is 12.8 Å². The molecular formula is C17H29N3O3. The van der Waals surface area contributed by atoms with Crippen molar-refractivity contribution in [3.05, 3.63) is 0 Å². The van der Waals surface area contributed by atoms with Crippen LogP contribution in [-0.2, 0) is 14.4 Å². The highest BCUT2D eigenvalue weighted by atomic mass is 16.2. The summed E-state index contributed by atoms with van der Waals surface area (Å²) >= 11 is 0. The summed E-state index contributed by atoms with van der Waals surface area (Å²) in [6.07, 6.45) is 3.02. The van der Waals surface area contributed by atoms with E-state index in [4.69, 9.17) is 5.73 Å². The SMILES string of the molecule is CC(C)(C)C(=O)N1CCC(C(=O)N2CCC[C@@H](C(N)=O)C2)CC1. The van der Waals surface area contributed by atoms with Crippen molar-refractivity contribution in [2.45, 2.75) is 46.5 Å². The van der Waals surface area contributed by atoms with Crippen molar-refractivity contribution in [3.8, 4) is 0 Å². The van der Waals surface area contributed by atoms with Crippen LogP contribution in [0.1, 0.15) is 46.5 Å². The molecule has 23 heavy (non-hydrogen) atoms. The van der Waals surface area contributed by atoms with Gasteiger partial charge in [-0.05, 0) is 25.7 Å². The lowest BCUT2D eigenvalue weighted by molar-refractivity contribution is -0.146. The molecular weight excluding hydrogens is 294 g/mol. The van der Waals surface area contributed by atoms with Crippen LogP contribution in [0.15, 0.2) is 0 Å². The Bertz CT molecular complexity index is 476. The van der Waals surface area contributed by atoms with E-state index in [0.29, 0.717) is 39.0 Å². The van der Waals surface area contributed by atoms with Gasteiger partial charge in [-0.25, -0.2) is 0 Å². The predicted molar refractivity (Wildman–Crippen MR) is 87.3 cm³/mol. The molecule has 0 aromatic heterocycles. The molecule has 2 aliphatic rings. The van der Waals surface area contributed by atoms with E-state index in [2.05, 4.69) is 0 Å². The number of carbonyl (C=O) groups excluding carboxylic acids is 3. The largest absolute Gasteiger partial charge is 0.369 e. The van der Waals surface area contributed by atoms with Crippen LogP contribution in [0.5, 0.6) is 0 Å². The highest BCUT2D eigenvalue weighted by Crippen LogP contribution is 2.26. The molecule has 6 heteroatoms. The summed E-state index contributed by atoms with van der Waals surface area (Å²) in [5, 5.41) is 0.